The molecule has 2 fully saturated rings. The van der Waals surface area contributed by atoms with Gasteiger partial charge in [-0.05, 0) is 0 Å². The first-order chi connectivity index (χ1) is 10.8. The zero-order chi connectivity index (χ0) is 17.3. The van der Waals surface area contributed by atoms with Crippen LogP contribution >= 0.6 is 0 Å². The average molecular weight is 426 g/mol. The van der Waals surface area contributed by atoms with Crippen LogP contribution in [0.4, 0.5) is 0 Å². The SMILES string of the molecule is OC[C@H]1O[C@@H](O[C@H]2[C@H](O)[C@@H](O)C(O)O[C@@H]2CO)[C@H](O)[C@@H](O)[C@H]1O.[CaH2].[CaH2]. The standard InChI is InChI=1S/C12H22O11.2Ca.4H/c13-1-3-5(15)6(16)9(19)12(22-3)23-10-4(2-14)21-11(20)8(18)7(10)17;;;;;;/h3-20H,1-2H2;;;;;;/t3-,4-,5+,6+,7-,8-,9-,10-,11?,12+;;;;;;/m1....../s1. The molecule has 2 aliphatic rings. The minimum atomic E-state index is -1.74. The fraction of sp³-hybridized carbons (Fsp3) is 1.00. The van der Waals surface area contributed by atoms with Crippen LogP contribution in [0, 0.1) is 0 Å². The van der Waals surface area contributed by atoms with Crippen molar-refractivity contribution in [1.82, 2.24) is 0 Å². The van der Waals surface area contributed by atoms with Gasteiger partial charge in [0.15, 0.2) is 12.6 Å². The van der Waals surface area contributed by atoms with Gasteiger partial charge in [-0.1, -0.05) is 0 Å². The van der Waals surface area contributed by atoms with Gasteiger partial charge >= 0.3 is 75.5 Å². The van der Waals surface area contributed by atoms with Crippen LogP contribution < -0.4 is 0 Å². The zero-order valence-electron chi connectivity index (χ0n) is 12.0. The normalized spacial score (nSPS) is 47.5. The van der Waals surface area contributed by atoms with E-state index in [1.54, 1.807) is 0 Å². The van der Waals surface area contributed by atoms with Gasteiger partial charge in [0.1, 0.15) is 48.8 Å². The zero-order valence-corrected chi connectivity index (χ0v) is 12.0. The van der Waals surface area contributed by atoms with E-state index < -0.39 is 74.6 Å². The second-order valence-corrected chi connectivity index (χ2v) is 5.53. The fourth-order valence-electron chi connectivity index (χ4n) is 2.57. The molecule has 25 heavy (non-hydrogen) atoms. The molecule has 10 atom stereocenters. The summed E-state index contributed by atoms with van der Waals surface area (Å²) in [6.45, 7) is -1.35. The van der Waals surface area contributed by atoms with Crippen LogP contribution in [0.1, 0.15) is 0 Å². The molecule has 0 aromatic carbocycles. The molecule has 13 heteroatoms. The van der Waals surface area contributed by atoms with E-state index in [-0.39, 0.29) is 75.5 Å². The summed E-state index contributed by atoms with van der Waals surface area (Å²) in [5.74, 6) is 0. The van der Waals surface area contributed by atoms with E-state index in [0.717, 1.165) is 0 Å². The molecule has 2 heterocycles. The first kappa shape index (κ1) is 27.1. The molecule has 0 bridgehead atoms. The molecule has 0 aromatic rings. The van der Waals surface area contributed by atoms with Crippen molar-refractivity contribution in [3.05, 3.63) is 0 Å². The van der Waals surface area contributed by atoms with E-state index in [4.69, 9.17) is 19.3 Å². The Bertz CT molecular complexity index is 388. The van der Waals surface area contributed by atoms with Crippen LogP contribution in [0.3, 0.4) is 0 Å². The van der Waals surface area contributed by atoms with Gasteiger partial charge in [0.2, 0.25) is 0 Å². The Balaban J connectivity index is 0.00000288. The Morgan fingerprint density at radius 1 is 0.640 bits per heavy atom. The molecule has 0 saturated carbocycles. The summed E-state index contributed by atoms with van der Waals surface area (Å²) in [6.07, 6.45) is -15.6. The molecule has 8 N–H and O–H groups in total. The molecule has 2 aliphatic heterocycles. The van der Waals surface area contributed by atoms with Crippen LogP contribution in [0.25, 0.3) is 0 Å². The van der Waals surface area contributed by atoms with Crippen molar-refractivity contribution in [2.45, 2.75) is 61.4 Å². The average Bonchev–Trinajstić information content (AvgIpc) is 2.55. The quantitative estimate of drug-likeness (QED) is 0.199. The molecule has 0 spiro atoms. The van der Waals surface area contributed by atoms with Gasteiger partial charge in [0.05, 0.1) is 13.2 Å². The summed E-state index contributed by atoms with van der Waals surface area (Å²) >= 11 is 0. The number of aliphatic hydroxyl groups is 8. The van der Waals surface area contributed by atoms with E-state index in [2.05, 4.69) is 0 Å². The minimum absolute atomic E-state index is 0. The summed E-state index contributed by atoms with van der Waals surface area (Å²) in [6, 6.07) is 0. The van der Waals surface area contributed by atoms with Crippen molar-refractivity contribution in [2.75, 3.05) is 13.2 Å². The molecule has 144 valence electrons. The topological polar surface area (TPSA) is 190 Å². The predicted octanol–water partition coefficient (Wildman–Crippen LogP) is -7.23. The van der Waals surface area contributed by atoms with Crippen molar-refractivity contribution in [3.63, 3.8) is 0 Å². The van der Waals surface area contributed by atoms with Crippen molar-refractivity contribution in [3.8, 4) is 0 Å². The fourth-order valence-corrected chi connectivity index (χ4v) is 2.57. The van der Waals surface area contributed by atoms with Gasteiger partial charge in [0, 0.05) is 0 Å². The molecule has 0 radical (unpaired) electrons. The van der Waals surface area contributed by atoms with Gasteiger partial charge in [0.25, 0.3) is 0 Å². The first-order valence-electron chi connectivity index (χ1n) is 7.08. The Hall–Kier alpha value is 2.08. The number of ether oxygens (including phenoxy) is 3. The van der Waals surface area contributed by atoms with Gasteiger partial charge in [-0.15, -0.1) is 0 Å². The van der Waals surface area contributed by atoms with E-state index in [9.17, 15) is 35.7 Å². The van der Waals surface area contributed by atoms with Gasteiger partial charge in [-0.2, -0.15) is 0 Å². The molecular weight excluding hydrogens is 400 g/mol. The van der Waals surface area contributed by atoms with Crippen LogP contribution in [-0.4, -0.2) is 191 Å². The van der Waals surface area contributed by atoms with Crippen molar-refractivity contribution < 1.29 is 55.1 Å². The molecule has 2 saturated heterocycles. The number of hydrogen-bond acceptors (Lipinski definition) is 11. The summed E-state index contributed by atoms with van der Waals surface area (Å²) in [4.78, 5) is 0. The Labute approximate surface area is 203 Å². The number of hydrogen-bond donors (Lipinski definition) is 8. The number of rotatable bonds is 4. The summed E-state index contributed by atoms with van der Waals surface area (Å²) < 4.78 is 15.3. The second kappa shape index (κ2) is 11.9. The van der Waals surface area contributed by atoms with Crippen LogP contribution in [0.15, 0.2) is 0 Å². The van der Waals surface area contributed by atoms with Gasteiger partial charge < -0.3 is 55.1 Å². The summed E-state index contributed by atoms with van der Waals surface area (Å²) in [7, 11) is 0. The number of aliphatic hydroxyl groups excluding tert-OH is 8. The van der Waals surface area contributed by atoms with E-state index in [1.807, 2.05) is 0 Å². The van der Waals surface area contributed by atoms with Gasteiger partial charge in [-0.3, -0.25) is 0 Å². The summed E-state index contributed by atoms with van der Waals surface area (Å²) in [5.41, 5.74) is 0. The molecule has 0 amide bonds. The van der Waals surface area contributed by atoms with Gasteiger partial charge in [-0.25, -0.2) is 0 Å². The predicted molar refractivity (Wildman–Crippen MR) is 85.7 cm³/mol. The molecule has 1 unspecified atom stereocenters. The maximum absolute atomic E-state index is 9.94. The van der Waals surface area contributed by atoms with Crippen molar-refractivity contribution in [2.24, 2.45) is 0 Å². The third-order valence-electron chi connectivity index (χ3n) is 3.98. The Morgan fingerprint density at radius 3 is 1.72 bits per heavy atom. The third kappa shape index (κ3) is 6.03. The summed E-state index contributed by atoms with van der Waals surface area (Å²) in [5, 5.41) is 76.5. The van der Waals surface area contributed by atoms with Crippen LogP contribution in [0.5, 0.6) is 0 Å². The molecular formula is C12H26Ca2O11. The molecule has 0 aliphatic carbocycles. The monoisotopic (exact) mass is 426 g/mol. The van der Waals surface area contributed by atoms with E-state index in [0.29, 0.717) is 0 Å². The van der Waals surface area contributed by atoms with Crippen LogP contribution in [0.2, 0.25) is 0 Å². The van der Waals surface area contributed by atoms with Crippen LogP contribution in [-0.2, 0) is 14.2 Å². The molecule has 11 nitrogen and oxygen atoms in total. The Kier molecular flexibility index (Phi) is 12.9. The molecule has 2 rings (SSSR count). The second-order valence-electron chi connectivity index (χ2n) is 5.53. The van der Waals surface area contributed by atoms with E-state index in [1.165, 1.54) is 0 Å². The van der Waals surface area contributed by atoms with Crippen molar-refractivity contribution >= 4 is 75.5 Å². The van der Waals surface area contributed by atoms with E-state index >= 15 is 0 Å². The van der Waals surface area contributed by atoms with Crippen molar-refractivity contribution in [1.29, 1.82) is 0 Å². The Morgan fingerprint density at radius 2 is 1.20 bits per heavy atom. The third-order valence-corrected chi connectivity index (χ3v) is 3.98. The molecule has 0 aromatic heterocycles. The first-order valence-corrected chi connectivity index (χ1v) is 7.08. The maximum atomic E-state index is 9.94.